The van der Waals surface area contributed by atoms with Gasteiger partial charge in [-0.15, -0.1) is 0 Å². The van der Waals surface area contributed by atoms with Crippen LogP contribution in [0.5, 0.6) is 0 Å². The first-order chi connectivity index (χ1) is 11.1. The van der Waals surface area contributed by atoms with Gasteiger partial charge < -0.3 is 10.2 Å². The average molecular weight is 321 g/mol. The topological polar surface area (TPSA) is 63.1 Å². The molecule has 0 spiro atoms. The van der Waals surface area contributed by atoms with E-state index in [9.17, 15) is 13.6 Å². The van der Waals surface area contributed by atoms with E-state index in [1.54, 1.807) is 17.3 Å². The van der Waals surface area contributed by atoms with Crippen LogP contribution in [-0.2, 0) is 6.54 Å². The van der Waals surface area contributed by atoms with Crippen LogP contribution in [0.4, 0.5) is 19.3 Å². The zero-order valence-electron chi connectivity index (χ0n) is 12.4. The highest BCUT2D eigenvalue weighted by atomic mass is 19.3. The lowest BCUT2D eigenvalue weighted by atomic mass is 10.1. The van der Waals surface area contributed by atoms with Crippen LogP contribution < -0.4 is 5.32 Å². The van der Waals surface area contributed by atoms with Crippen LogP contribution in [0.15, 0.2) is 36.9 Å². The Bertz CT molecular complexity index is 661. The van der Waals surface area contributed by atoms with Crippen molar-refractivity contribution in [2.24, 2.45) is 0 Å². The van der Waals surface area contributed by atoms with Gasteiger partial charge in [0, 0.05) is 25.1 Å². The summed E-state index contributed by atoms with van der Waals surface area (Å²) in [6.45, 7) is 0.170. The van der Waals surface area contributed by atoms with Gasteiger partial charge in [0.25, 0.3) is 6.43 Å². The number of hydrogen-bond donors (Lipinski definition) is 1. The van der Waals surface area contributed by atoms with Crippen LogP contribution in [0, 0.1) is 0 Å². The van der Waals surface area contributed by atoms with Crippen LogP contribution in [0.3, 0.4) is 0 Å². The summed E-state index contributed by atoms with van der Waals surface area (Å²) < 4.78 is 25.7. The number of aromatic nitrogens is 3. The van der Waals surface area contributed by atoms with E-state index in [2.05, 4.69) is 15.4 Å². The summed E-state index contributed by atoms with van der Waals surface area (Å²) in [7, 11) is 0. The third-order valence-corrected chi connectivity index (χ3v) is 3.81. The summed E-state index contributed by atoms with van der Waals surface area (Å²) >= 11 is 0. The number of rotatable bonds is 4. The van der Waals surface area contributed by atoms with E-state index in [4.69, 9.17) is 0 Å². The van der Waals surface area contributed by atoms with Gasteiger partial charge in [-0.25, -0.2) is 13.6 Å². The normalized spacial score (nSPS) is 17.7. The standard InChI is InChI=1S/C15H17F2N5O/c16-14(17)10-21-9-12(8-19-21)20-15(23)22-7-1-2-13(22)11-3-5-18-6-4-11/h3-6,8-9,13-14H,1-2,7,10H2,(H,20,23). The van der Waals surface area contributed by atoms with Gasteiger partial charge in [0.05, 0.1) is 17.9 Å². The molecule has 0 radical (unpaired) electrons. The maximum atomic E-state index is 12.4. The molecule has 1 saturated heterocycles. The molecule has 2 amide bonds. The Morgan fingerprint density at radius 2 is 2.17 bits per heavy atom. The van der Waals surface area contributed by atoms with Gasteiger partial charge in [-0.3, -0.25) is 9.67 Å². The first-order valence-electron chi connectivity index (χ1n) is 7.41. The number of halogens is 2. The van der Waals surface area contributed by atoms with Crippen LogP contribution in [-0.4, -0.2) is 38.7 Å². The number of nitrogens with one attached hydrogen (secondary N) is 1. The lowest BCUT2D eigenvalue weighted by Crippen LogP contribution is -2.34. The molecule has 1 aliphatic rings. The van der Waals surface area contributed by atoms with Crippen molar-refractivity contribution >= 4 is 11.7 Å². The van der Waals surface area contributed by atoms with Gasteiger partial charge in [-0.05, 0) is 30.5 Å². The Morgan fingerprint density at radius 3 is 2.91 bits per heavy atom. The van der Waals surface area contributed by atoms with E-state index in [0.717, 1.165) is 23.1 Å². The Hall–Kier alpha value is -2.51. The van der Waals surface area contributed by atoms with Crippen LogP contribution in [0.1, 0.15) is 24.4 Å². The summed E-state index contributed by atoms with van der Waals surface area (Å²) in [4.78, 5) is 18.2. The van der Waals surface area contributed by atoms with Crippen LogP contribution >= 0.6 is 0 Å². The molecule has 3 heterocycles. The number of pyridine rings is 1. The Kier molecular flexibility index (Phi) is 4.50. The van der Waals surface area contributed by atoms with Crippen molar-refractivity contribution < 1.29 is 13.6 Å². The predicted octanol–water partition coefficient (Wildman–Crippen LogP) is 2.91. The molecule has 0 saturated carbocycles. The van der Waals surface area contributed by atoms with E-state index < -0.39 is 13.0 Å². The monoisotopic (exact) mass is 321 g/mol. The second kappa shape index (κ2) is 6.72. The third kappa shape index (κ3) is 3.64. The molecule has 122 valence electrons. The van der Waals surface area contributed by atoms with Gasteiger partial charge in [0.1, 0.15) is 6.54 Å². The zero-order chi connectivity index (χ0) is 16.2. The van der Waals surface area contributed by atoms with Crippen LogP contribution in [0.25, 0.3) is 0 Å². The van der Waals surface area contributed by atoms with Gasteiger partial charge in [0.2, 0.25) is 0 Å². The van der Waals surface area contributed by atoms with E-state index in [0.29, 0.717) is 12.2 Å². The molecule has 0 aliphatic carbocycles. The quantitative estimate of drug-likeness (QED) is 0.942. The van der Waals surface area contributed by atoms with Crippen molar-refractivity contribution in [1.29, 1.82) is 0 Å². The van der Waals surface area contributed by atoms with E-state index in [-0.39, 0.29) is 12.1 Å². The van der Waals surface area contributed by atoms with Gasteiger partial charge >= 0.3 is 6.03 Å². The highest BCUT2D eigenvalue weighted by Crippen LogP contribution is 2.31. The highest BCUT2D eigenvalue weighted by molar-refractivity contribution is 5.89. The fourth-order valence-electron chi connectivity index (χ4n) is 2.81. The molecule has 0 bridgehead atoms. The maximum absolute atomic E-state index is 12.4. The first-order valence-corrected chi connectivity index (χ1v) is 7.41. The molecule has 0 aromatic carbocycles. The van der Waals surface area contributed by atoms with Crippen molar-refractivity contribution in [3.8, 4) is 0 Å². The summed E-state index contributed by atoms with van der Waals surface area (Å²) in [5, 5.41) is 6.53. The minimum atomic E-state index is -2.48. The number of alkyl halides is 2. The minimum Gasteiger partial charge on any atom is -0.317 e. The van der Waals surface area contributed by atoms with Crippen molar-refractivity contribution in [2.45, 2.75) is 31.9 Å². The number of amides is 2. The highest BCUT2D eigenvalue weighted by Gasteiger charge is 2.30. The number of anilines is 1. The summed E-state index contributed by atoms with van der Waals surface area (Å²) in [6, 6.07) is 3.56. The predicted molar refractivity (Wildman–Crippen MR) is 80.2 cm³/mol. The Balaban J connectivity index is 1.66. The molecule has 6 nitrogen and oxygen atoms in total. The second-order valence-corrected chi connectivity index (χ2v) is 5.40. The SMILES string of the molecule is O=C(Nc1cnn(CC(F)F)c1)N1CCCC1c1ccncc1. The lowest BCUT2D eigenvalue weighted by molar-refractivity contribution is 0.122. The molecular weight excluding hydrogens is 304 g/mol. The molecule has 23 heavy (non-hydrogen) atoms. The first kappa shape index (κ1) is 15.4. The van der Waals surface area contributed by atoms with Crippen molar-refractivity contribution in [3.63, 3.8) is 0 Å². The fraction of sp³-hybridized carbons (Fsp3) is 0.400. The smallest absolute Gasteiger partial charge is 0.317 e. The van der Waals surface area contributed by atoms with Crippen molar-refractivity contribution in [1.82, 2.24) is 19.7 Å². The molecule has 1 fully saturated rings. The van der Waals surface area contributed by atoms with Gasteiger partial charge in [-0.1, -0.05) is 0 Å². The molecular formula is C15H17F2N5O. The van der Waals surface area contributed by atoms with Gasteiger partial charge in [0.15, 0.2) is 0 Å². The average Bonchev–Trinajstić information content (AvgIpc) is 3.17. The zero-order valence-corrected chi connectivity index (χ0v) is 12.4. The number of hydrogen-bond acceptors (Lipinski definition) is 3. The minimum absolute atomic E-state index is 0.00843. The summed E-state index contributed by atoms with van der Waals surface area (Å²) in [5.41, 5.74) is 1.46. The number of urea groups is 1. The number of carbonyl (C=O) groups is 1. The van der Waals surface area contributed by atoms with Crippen LogP contribution in [0.2, 0.25) is 0 Å². The maximum Gasteiger partial charge on any atom is 0.322 e. The lowest BCUT2D eigenvalue weighted by Gasteiger charge is -2.24. The molecule has 1 aliphatic heterocycles. The second-order valence-electron chi connectivity index (χ2n) is 5.40. The summed E-state index contributed by atoms with van der Waals surface area (Å²) in [6.07, 6.45) is 5.52. The van der Waals surface area contributed by atoms with Crippen molar-refractivity contribution in [3.05, 3.63) is 42.5 Å². The Labute approximate surface area is 132 Å². The van der Waals surface area contributed by atoms with Crippen molar-refractivity contribution in [2.75, 3.05) is 11.9 Å². The third-order valence-electron chi connectivity index (χ3n) is 3.81. The number of carbonyl (C=O) groups excluding carboxylic acids is 1. The fourth-order valence-corrected chi connectivity index (χ4v) is 2.81. The van der Waals surface area contributed by atoms with E-state index in [1.807, 2.05) is 12.1 Å². The number of likely N-dealkylation sites (tertiary alicyclic amines) is 1. The molecule has 3 rings (SSSR count). The van der Waals surface area contributed by atoms with E-state index in [1.165, 1.54) is 12.4 Å². The molecule has 2 aromatic heterocycles. The Morgan fingerprint density at radius 1 is 1.39 bits per heavy atom. The molecule has 1 N–H and O–H groups in total. The largest absolute Gasteiger partial charge is 0.322 e. The molecule has 2 aromatic rings. The number of nitrogens with zero attached hydrogens (tertiary/aromatic N) is 4. The van der Waals surface area contributed by atoms with Gasteiger partial charge in [-0.2, -0.15) is 5.10 Å². The molecule has 1 atom stereocenters. The summed E-state index contributed by atoms with van der Waals surface area (Å²) in [5.74, 6) is 0. The molecule has 8 heteroatoms. The molecule has 1 unspecified atom stereocenters. The van der Waals surface area contributed by atoms with E-state index >= 15 is 0 Å².